The summed E-state index contributed by atoms with van der Waals surface area (Å²) in [7, 11) is -2.64. The van der Waals surface area contributed by atoms with Crippen LogP contribution in [0.3, 0.4) is 0 Å². The van der Waals surface area contributed by atoms with Crippen LogP contribution in [0, 0.1) is 0 Å². The van der Waals surface area contributed by atoms with E-state index in [1.165, 1.54) is 18.2 Å². The topological polar surface area (TPSA) is 110 Å². The van der Waals surface area contributed by atoms with Gasteiger partial charge in [0.05, 0.1) is 12.1 Å². The standard InChI is InChI=1S/C10H11ClN2O4S.ClH/c11-7-1-2-8(6(5-12)3-10(14)15)9(4-7)13-18(16)17;/h1-2,4,6H,3,5,12H2,(H,14,15);1H/t6-;/m0./s1. The maximum absolute atomic E-state index is 10.7. The quantitative estimate of drug-likeness (QED) is 0.859. The van der Waals surface area contributed by atoms with Crippen LogP contribution in [0.15, 0.2) is 22.6 Å². The molecule has 0 saturated carbocycles. The number of carbonyl (C=O) groups is 1. The minimum absolute atomic E-state index is 0. The van der Waals surface area contributed by atoms with Crippen molar-refractivity contribution in [1.29, 1.82) is 0 Å². The van der Waals surface area contributed by atoms with Crippen molar-refractivity contribution < 1.29 is 18.3 Å². The molecule has 0 unspecified atom stereocenters. The Hall–Kier alpha value is -1.15. The summed E-state index contributed by atoms with van der Waals surface area (Å²) in [5.74, 6) is -1.53. The SMILES string of the molecule is Cl.NC[C@H](CC(=O)O)c1ccc(Cl)cc1N=S(=O)=O. The van der Waals surface area contributed by atoms with Crippen LogP contribution in [0.25, 0.3) is 0 Å². The normalized spacial score (nSPS) is 11.3. The summed E-state index contributed by atoms with van der Waals surface area (Å²) < 4.78 is 24.6. The lowest BCUT2D eigenvalue weighted by molar-refractivity contribution is -0.137. The van der Waals surface area contributed by atoms with E-state index in [4.69, 9.17) is 22.4 Å². The monoisotopic (exact) mass is 326 g/mol. The second-order valence-corrected chi connectivity index (χ2v) is 4.60. The zero-order valence-corrected chi connectivity index (χ0v) is 12.0. The van der Waals surface area contributed by atoms with E-state index >= 15 is 0 Å². The van der Waals surface area contributed by atoms with Crippen molar-refractivity contribution in [3.63, 3.8) is 0 Å². The van der Waals surface area contributed by atoms with Crippen LogP contribution in [-0.2, 0) is 15.3 Å². The number of halogens is 2. The molecular formula is C10H12Cl2N2O4S. The number of hydrogen-bond acceptors (Lipinski definition) is 5. The number of nitrogens with zero attached hydrogens (tertiary/aromatic N) is 1. The highest BCUT2D eigenvalue weighted by Crippen LogP contribution is 2.31. The van der Waals surface area contributed by atoms with Crippen molar-refractivity contribution >= 4 is 46.2 Å². The molecule has 0 saturated heterocycles. The van der Waals surface area contributed by atoms with E-state index in [0.717, 1.165) is 0 Å². The van der Waals surface area contributed by atoms with Gasteiger partial charge in [-0.2, -0.15) is 8.42 Å². The third-order valence-corrected chi connectivity index (χ3v) is 2.89. The summed E-state index contributed by atoms with van der Waals surface area (Å²) in [5.41, 5.74) is 6.07. The van der Waals surface area contributed by atoms with Gasteiger partial charge < -0.3 is 10.8 Å². The molecule has 0 aromatic heterocycles. The first-order valence-electron chi connectivity index (χ1n) is 4.96. The van der Waals surface area contributed by atoms with E-state index in [9.17, 15) is 13.2 Å². The molecular weight excluding hydrogens is 315 g/mol. The molecule has 106 valence electrons. The predicted molar refractivity (Wildman–Crippen MR) is 73.8 cm³/mol. The number of rotatable bonds is 5. The number of carboxylic acids is 1. The molecule has 1 atom stereocenters. The van der Waals surface area contributed by atoms with Crippen LogP contribution in [0.4, 0.5) is 5.69 Å². The highest BCUT2D eigenvalue weighted by molar-refractivity contribution is 7.61. The first-order chi connectivity index (χ1) is 8.43. The van der Waals surface area contributed by atoms with E-state index < -0.39 is 22.4 Å². The van der Waals surface area contributed by atoms with Crippen LogP contribution < -0.4 is 5.73 Å². The maximum Gasteiger partial charge on any atom is 0.316 e. The molecule has 0 amide bonds. The minimum atomic E-state index is -2.64. The van der Waals surface area contributed by atoms with E-state index in [2.05, 4.69) is 4.36 Å². The Balaban J connectivity index is 0.00000324. The zero-order chi connectivity index (χ0) is 13.7. The Kier molecular flexibility index (Phi) is 7.62. The van der Waals surface area contributed by atoms with Gasteiger partial charge in [-0.1, -0.05) is 17.7 Å². The lowest BCUT2D eigenvalue weighted by Gasteiger charge is -2.14. The van der Waals surface area contributed by atoms with Crippen molar-refractivity contribution in [2.45, 2.75) is 12.3 Å². The maximum atomic E-state index is 10.7. The molecule has 9 heteroatoms. The Morgan fingerprint density at radius 1 is 1.47 bits per heavy atom. The molecule has 1 rings (SSSR count). The van der Waals surface area contributed by atoms with Gasteiger partial charge in [-0.15, -0.1) is 16.8 Å². The third-order valence-electron chi connectivity index (χ3n) is 2.31. The lowest BCUT2D eigenvalue weighted by Crippen LogP contribution is -2.16. The van der Waals surface area contributed by atoms with Crippen molar-refractivity contribution in [2.24, 2.45) is 10.1 Å². The Morgan fingerprint density at radius 2 is 2.11 bits per heavy atom. The fourth-order valence-electron chi connectivity index (χ4n) is 1.55. The highest BCUT2D eigenvalue weighted by atomic mass is 35.5. The predicted octanol–water partition coefficient (Wildman–Crippen LogP) is 1.97. The van der Waals surface area contributed by atoms with Gasteiger partial charge in [0.1, 0.15) is 0 Å². The van der Waals surface area contributed by atoms with Crippen LogP contribution in [-0.4, -0.2) is 26.0 Å². The van der Waals surface area contributed by atoms with Gasteiger partial charge in [-0.05, 0) is 24.2 Å². The largest absolute Gasteiger partial charge is 0.481 e. The van der Waals surface area contributed by atoms with Crippen LogP contribution in [0.5, 0.6) is 0 Å². The van der Waals surface area contributed by atoms with Gasteiger partial charge in [-0.3, -0.25) is 4.79 Å². The smallest absolute Gasteiger partial charge is 0.316 e. The molecule has 0 spiro atoms. The van der Waals surface area contributed by atoms with Crippen LogP contribution in [0.1, 0.15) is 17.9 Å². The number of nitrogens with two attached hydrogens (primary N) is 1. The van der Waals surface area contributed by atoms with Gasteiger partial charge >= 0.3 is 16.5 Å². The summed E-state index contributed by atoms with van der Waals surface area (Å²) in [6.45, 7) is 0.0714. The summed E-state index contributed by atoms with van der Waals surface area (Å²) in [6, 6.07) is 4.43. The first kappa shape index (κ1) is 17.8. The Morgan fingerprint density at radius 3 is 2.58 bits per heavy atom. The Bertz CT molecular complexity index is 581. The average molecular weight is 327 g/mol. The molecule has 3 N–H and O–H groups in total. The van der Waals surface area contributed by atoms with Gasteiger partial charge in [-0.25, -0.2) is 0 Å². The first-order valence-corrected chi connectivity index (χ1v) is 6.37. The molecule has 0 aliphatic carbocycles. The van der Waals surface area contributed by atoms with Crippen molar-refractivity contribution in [1.82, 2.24) is 0 Å². The zero-order valence-electron chi connectivity index (χ0n) is 9.61. The molecule has 0 fully saturated rings. The van der Waals surface area contributed by atoms with E-state index in [-0.39, 0.29) is 31.1 Å². The number of carboxylic acid groups (broad SMARTS) is 1. The fraction of sp³-hybridized carbons (Fsp3) is 0.300. The molecule has 6 nitrogen and oxygen atoms in total. The van der Waals surface area contributed by atoms with Crippen molar-refractivity contribution in [3.05, 3.63) is 28.8 Å². The third kappa shape index (κ3) is 5.56. The van der Waals surface area contributed by atoms with E-state index in [1.54, 1.807) is 0 Å². The molecule has 0 radical (unpaired) electrons. The second kappa shape index (κ2) is 8.11. The minimum Gasteiger partial charge on any atom is -0.481 e. The van der Waals surface area contributed by atoms with E-state index in [0.29, 0.717) is 10.6 Å². The number of benzene rings is 1. The summed E-state index contributed by atoms with van der Waals surface area (Å²) in [4.78, 5) is 10.7. The molecule has 1 aromatic carbocycles. The average Bonchev–Trinajstić information content (AvgIpc) is 2.25. The fourth-order valence-corrected chi connectivity index (χ4v) is 2.04. The molecule has 0 bridgehead atoms. The van der Waals surface area contributed by atoms with Gasteiger partial charge in [0.2, 0.25) is 0 Å². The molecule has 0 aliphatic rings. The van der Waals surface area contributed by atoms with Crippen molar-refractivity contribution in [2.75, 3.05) is 6.54 Å². The molecule has 0 aliphatic heterocycles. The van der Waals surface area contributed by atoms with Crippen molar-refractivity contribution in [3.8, 4) is 0 Å². The van der Waals surface area contributed by atoms with Gasteiger partial charge in [0.15, 0.2) is 0 Å². The Labute approximate surface area is 122 Å². The molecule has 1 aromatic rings. The van der Waals surface area contributed by atoms with Crippen LogP contribution >= 0.6 is 24.0 Å². The van der Waals surface area contributed by atoms with Crippen LogP contribution in [0.2, 0.25) is 5.02 Å². The number of hydrogen-bond donors (Lipinski definition) is 2. The summed E-state index contributed by atoms with van der Waals surface area (Å²) in [6.07, 6.45) is -0.202. The molecule has 19 heavy (non-hydrogen) atoms. The summed E-state index contributed by atoms with van der Waals surface area (Å²) >= 11 is 5.75. The lowest BCUT2D eigenvalue weighted by atomic mass is 9.94. The number of aliphatic carboxylic acids is 1. The van der Waals surface area contributed by atoms with E-state index in [1.807, 2.05) is 0 Å². The summed E-state index contributed by atoms with van der Waals surface area (Å²) in [5, 5.41) is 9.08. The molecule has 0 heterocycles. The second-order valence-electron chi connectivity index (χ2n) is 3.54. The highest BCUT2D eigenvalue weighted by Gasteiger charge is 2.17. The van der Waals surface area contributed by atoms with Gasteiger partial charge in [0.25, 0.3) is 0 Å². The van der Waals surface area contributed by atoms with Gasteiger partial charge in [0, 0.05) is 10.9 Å².